The third-order valence-corrected chi connectivity index (χ3v) is 4.25. The molecule has 0 aliphatic rings. The summed E-state index contributed by atoms with van der Waals surface area (Å²) in [6.45, 7) is 9.06. The maximum atomic E-state index is 11.7. The molecule has 0 aromatic heterocycles. The molecule has 0 N–H and O–H groups in total. The van der Waals surface area contributed by atoms with Crippen molar-refractivity contribution in [1.82, 2.24) is 0 Å². The molecule has 0 bridgehead atoms. The lowest BCUT2D eigenvalue weighted by Gasteiger charge is -2.10. The number of Topliss-reactive ketones (excluding diaryl/α,β-unsaturated/α-hetero) is 1. The zero-order valence-corrected chi connectivity index (χ0v) is 16.4. The summed E-state index contributed by atoms with van der Waals surface area (Å²) in [4.78, 5) is 23.4. The van der Waals surface area contributed by atoms with Crippen molar-refractivity contribution in [2.24, 2.45) is 5.92 Å². The number of carbonyl (C=O) groups is 2. The first-order valence-electron chi connectivity index (χ1n) is 9.76. The molecule has 0 radical (unpaired) electrons. The van der Waals surface area contributed by atoms with Gasteiger partial charge in [-0.3, -0.25) is 9.59 Å². The Labute approximate surface area is 149 Å². The molecule has 0 spiro atoms. The van der Waals surface area contributed by atoms with Gasteiger partial charge in [0.15, 0.2) is 0 Å². The molecule has 0 heterocycles. The van der Waals surface area contributed by atoms with Gasteiger partial charge in [0.2, 0.25) is 0 Å². The normalized spacial score (nSPS) is 11.8. The number of esters is 1. The highest BCUT2D eigenvalue weighted by Crippen LogP contribution is 2.12. The van der Waals surface area contributed by atoms with Crippen molar-refractivity contribution in [3.63, 3.8) is 0 Å². The van der Waals surface area contributed by atoms with Gasteiger partial charge in [0.1, 0.15) is 5.78 Å². The van der Waals surface area contributed by atoms with Gasteiger partial charge in [-0.15, -0.1) is 0 Å². The number of ether oxygens (including phenoxy) is 1. The second kappa shape index (κ2) is 15.4. The zero-order valence-electron chi connectivity index (χ0n) is 16.4. The van der Waals surface area contributed by atoms with E-state index in [0.29, 0.717) is 25.4 Å². The SMILES string of the molecule is CCCCCCCC(=O)CCC(=O)OCCC(C)CCC=C(C)C. The summed E-state index contributed by atoms with van der Waals surface area (Å²) in [5.41, 5.74) is 1.35. The molecule has 0 saturated heterocycles. The van der Waals surface area contributed by atoms with Gasteiger partial charge in [-0.2, -0.15) is 0 Å². The van der Waals surface area contributed by atoms with Crippen LogP contribution in [0.25, 0.3) is 0 Å². The Morgan fingerprint density at radius 1 is 0.958 bits per heavy atom. The Kier molecular flexibility index (Phi) is 14.7. The second-order valence-electron chi connectivity index (χ2n) is 7.18. The molecule has 0 fully saturated rings. The fourth-order valence-corrected chi connectivity index (χ4v) is 2.54. The Balaban J connectivity index is 3.58. The first kappa shape index (κ1) is 22.9. The number of allylic oxidation sites excluding steroid dienone is 2. The molecule has 0 aromatic carbocycles. The van der Waals surface area contributed by atoms with Crippen LogP contribution in [-0.2, 0) is 14.3 Å². The van der Waals surface area contributed by atoms with Crippen molar-refractivity contribution in [2.45, 2.75) is 98.3 Å². The van der Waals surface area contributed by atoms with E-state index in [1.807, 2.05) is 0 Å². The van der Waals surface area contributed by atoms with E-state index in [-0.39, 0.29) is 18.2 Å². The molecule has 1 atom stereocenters. The molecular formula is C21H38O3. The zero-order chi connectivity index (χ0) is 18.2. The van der Waals surface area contributed by atoms with E-state index in [4.69, 9.17) is 4.74 Å². The molecule has 0 saturated carbocycles. The third kappa shape index (κ3) is 15.8. The van der Waals surface area contributed by atoms with E-state index in [9.17, 15) is 9.59 Å². The van der Waals surface area contributed by atoms with Crippen LogP contribution in [0.15, 0.2) is 11.6 Å². The molecule has 0 aromatic rings. The molecule has 24 heavy (non-hydrogen) atoms. The lowest BCUT2D eigenvalue weighted by atomic mass is 10.0. The number of hydrogen-bond donors (Lipinski definition) is 0. The summed E-state index contributed by atoms with van der Waals surface area (Å²) < 4.78 is 5.24. The fourth-order valence-electron chi connectivity index (χ4n) is 2.54. The number of carbonyl (C=O) groups excluding carboxylic acids is 2. The Bertz CT molecular complexity index is 367. The van der Waals surface area contributed by atoms with Crippen LogP contribution in [0, 0.1) is 5.92 Å². The standard InChI is InChI=1S/C21H38O3/c1-5-6-7-8-9-13-20(22)14-15-21(23)24-17-16-19(4)12-10-11-18(2)3/h11,19H,5-10,12-17H2,1-4H3. The van der Waals surface area contributed by atoms with Gasteiger partial charge in [-0.1, -0.05) is 51.2 Å². The Morgan fingerprint density at radius 2 is 1.67 bits per heavy atom. The predicted molar refractivity (Wildman–Crippen MR) is 101 cm³/mol. The minimum Gasteiger partial charge on any atom is -0.466 e. The molecule has 3 heteroatoms. The largest absolute Gasteiger partial charge is 0.466 e. The lowest BCUT2D eigenvalue weighted by Crippen LogP contribution is -2.10. The van der Waals surface area contributed by atoms with Crippen LogP contribution in [0.1, 0.15) is 98.3 Å². The second-order valence-corrected chi connectivity index (χ2v) is 7.18. The summed E-state index contributed by atoms with van der Waals surface area (Å²) in [7, 11) is 0. The van der Waals surface area contributed by atoms with Crippen LogP contribution in [-0.4, -0.2) is 18.4 Å². The molecule has 0 aliphatic carbocycles. The summed E-state index contributed by atoms with van der Waals surface area (Å²) >= 11 is 0. The van der Waals surface area contributed by atoms with Crippen molar-refractivity contribution in [2.75, 3.05) is 6.61 Å². The minimum absolute atomic E-state index is 0.193. The predicted octanol–water partition coefficient (Wildman–Crippen LogP) is 6.01. The van der Waals surface area contributed by atoms with Crippen LogP contribution in [0.4, 0.5) is 0 Å². The average Bonchev–Trinajstić information content (AvgIpc) is 2.52. The quantitative estimate of drug-likeness (QED) is 0.208. The third-order valence-electron chi connectivity index (χ3n) is 4.25. The van der Waals surface area contributed by atoms with E-state index < -0.39 is 0 Å². The molecule has 0 aliphatic heterocycles. The topological polar surface area (TPSA) is 43.4 Å². The monoisotopic (exact) mass is 338 g/mol. The van der Waals surface area contributed by atoms with Gasteiger partial charge in [0, 0.05) is 12.8 Å². The Morgan fingerprint density at radius 3 is 2.33 bits per heavy atom. The molecule has 3 nitrogen and oxygen atoms in total. The van der Waals surface area contributed by atoms with Gasteiger partial charge in [-0.25, -0.2) is 0 Å². The molecule has 1 unspecified atom stereocenters. The van der Waals surface area contributed by atoms with E-state index >= 15 is 0 Å². The average molecular weight is 339 g/mol. The van der Waals surface area contributed by atoms with Crippen LogP contribution in [0.3, 0.4) is 0 Å². The maximum Gasteiger partial charge on any atom is 0.306 e. The van der Waals surface area contributed by atoms with Gasteiger partial charge in [-0.05, 0) is 45.4 Å². The molecule has 140 valence electrons. The smallest absolute Gasteiger partial charge is 0.306 e. The van der Waals surface area contributed by atoms with Gasteiger partial charge >= 0.3 is 5.97 Å². The van der Waals surface area contributed by atoms with E-state index in [2.05, 4.69) is 33.8 Å². The van der Waals surface area contributed by atoms with Crippen molar-refractivity contribution in [3.05, 3.63) is 11.6 Å². The van der Waals surface area contributed by atoms with Gasteiger partial charge in [0.05, 0.1) is 13.0 Å². The van der Waals surface area contributed by atoms with Crippen molar-refractivity contribution in [3.8, 4) is 0 Å². The number of unbranched alkanes of at least 4 members (excludes halogenated alkanes) is 4. The highest BCUT2D eigenvalue weighted by molar-refractivity contribution is 5.82. The van der Waals surface area contributed by atoms with Crippen LogP contribution in [0.5, 0.6) is 0 Å². The summed E-state index contributed by atoms with van der Waals surface area (Å²) in [6.07, 6.45) is 12.3. The fraction of sp³-hybridized carbons (Fsp3) is 0.810. The van der Waals surface area contributed by atoms with Gasteiger partial charge < -0.3 is 4.74 Å². The first-order valence-corrected chi connectivity index (χ1v) is 9.76. The van der Waals surface area contributed by atoms with E-state index in [0.717, 1.165) is 32.1 Å². The maximum absolute atomic E-state index is 11.7. The number of hydrogen-bond acceptors (Lipinski definition) is 3. The van der Waals surface area contributed by atoms with Crippen LogP contribution < -0.4 is 0 Å². The number of ketones is 1. The van der Waals surface area contributed by atoms with Gasteiger partial charge in [0.25, 0.3) is 0 Å². The van der Waals surface area contributed by atoms with E-state index in [1.165, 1.54) is 24.8 Å². The molecule has 0 amide bonds. The lowest BCUT2D eigenvalue weighted by molar-refractivity contribution is -0.145. The van der Waals surface area contributed by atoms with Crippen molar-refractivity contribution >= 4 is 11.8 Å². The summed E-state index contributed by atoms with van der Waals surface area (Å²) in [6, 6.07) is 0. The van der Waals surface area contributed by atoms with Crippen LogP contribution >= 0.6 is 0 Å². The highest BCUT2D eigenvalue weighted by atomic mass is 16.5. The Hall–Kier alpha value is -1.12. The molecular weight excluding hydrogens is 300 g/mol. The van der Waals surface area contributed by atoms with E-state index in [1.54, 1.807) is 0 Å². The van der Waals surface area contributed by atoms with Crippen LogP contribution in [0.2, 0.25) is 0 Å². The molecule has 0 rings (SSSR count). The van der Waals surface area contributed by atoms with Crippen molar-refractivity contribution < 1.29 is 14.3 Å². The minimum atomic E-state index is -0.231. The number of rotatable bonds is 15. The summed E-state index contributed by atoms with van der Waals surface area (Å²) in [5, 5.41) is 0. The first-order chi connectivity index (χ1) is 11.5. The van der Waals surface area contributed by atoms with Crippen molar-refractivity contribution in [1.29, 1.82) is 0 Å². The highest BCUT2D eigenvalue weighted by Gasteiger charge is 2.09. The summed E-state index contributed by atoms with van der Waals surface area (Å²) in [5.74, 6) is 0.516.